The monoisotopic (exact) mass is 348 g/mol. The summed E-state index contributed by atoms with van der Waals surface area (Å²) in [6, 6.07) is -1.57. The summed E-state index contributed by atoms with van der Waals surface area (Å²) >= 11 is 0. The Bertz CT molecular complexity index is 355. The van der Waals surface area contributed by atoms with E-state index in [4.69, 9.17) is 33.4 Å². The Morgan fingerprint density at radius 3 is 1.46 bits per heavy atom. The summed E-state index contributed by atoms with van der Waals surface area (Å²) in [6.45, 7) is 1.07. The zero-order chi connectivity index (χ0) is 18.8. The Morgan fingerprint density at radius 1 is 0.875 bits per heavy atom. The molecule has 24 heavy (non-hydrogen) atoms. The van der Waals surface area contributed by atoms with Gasteiger partial charge in [-0.25, -0.2) is 11.7 Å². The van der Waals surface area contributed by atoms with Crippen LogP contribution in [0.1, 0.15) is 25.7 Å². The Kier molecular flexibility index (Phi) is 17.1. The van der Waals surface area contributed by atoms with Crippen LogP contribution in [0.15, 0.2) is 9.98 Å². The molecule has 0 radical (unpaired) electrons. The van der Waals surface area contributed by atoms with Crippen molar-refractivity contribution in [1.29, 1.82) is 0 Å². The van der Waals surface area contributed by atoms with E-state index in [1.165, 1.54) is 12.7 Å². The van der Waals surface area contributed by atoms with Gasteiger partial charge in [0.1, 0.15) is 12.1 Å². The van der Waals surface area contributed by atoms with Gasteiger partial charge in [-0.05, 0) is 25.7 Å². The van der Waals surface area contributed by atoms with Gasteiger partial charge >= 0.3 is 11.9 Å². The van der Waals surface area contributed by atoms with Crippen molar-refractivity contribution in [1.82, 2.24) is 10.9 Å². The molecule has 0 aromatic heterocycles. The highest BCUT2D eigenvalue weighted by molar-refractivity contribution is 5.73. The smallest absolute Gasteiger partial charge is 0.320 e. The van der Waals surface area contributed by atoms with Crippen LogP contribution < -0.4 is 34.0 Å². The van der Waals surface area contributed by atoms with Gasteiger partial charge in [0.15, 0.2) is 0 Å². The van der Waals surface area contributed by atoms with Gasteiger partial charge in [0.25, 0.3) is 0 Å². The minimum Gasteiger partial charge on any atom is -0.480 e. The van der Waals surface area contributed by atoms with Crippen LogP contribution in [0.4, 0.5) is 0 Å². The van der Waals surface area contributed by atoms with Crippen molar-refractivity contribution in [3.63, 3.8) is 0 Å². The molecule has 0 fully saturated rings. The van der Waals surface area contributed by atoms with E-state index in [0.717, 1.165) is 0 Å². The zero-order valence-electron chi connectivity index (χ0n) is 13.5. The van der Waals surface area contributed by atoms with Gasteiger partial charge in [-0.1, -0.05) is 0 Å². The molecule has 12 nitrogen and oxygen atoms in total. The fourth-order valence-corrected chi connectivity index (χ4v) is 1.29. The molecular formula is C12H28N8O4. The minimum atomic E-state index is -0.976. The van der Waals surface area contributed by atoms with Crippen LogP contribution in [0, 0.1) is 0 Å². The maximum absolute atomic E-state index is 10.2. The molecule has 0 bridgehead atoms. The first-order valence-electron chi connectivity index (χ1n) is 7.22. The number of carboxylic acid groups (broad SMARTS) is 2. The Balaban J connectivity index is 0. The highest BCUT2D eigenvalue weighted by atomic mass is 16.4. The molecule has 2 unspecified atom stereocenters. The van der Waals surface area contributed by atoms with Crippen molar-refractivity contribution in [2.75, 3.05) is 13.1 Å². The first-order valence-corrected chi connectivity index (χ1v) is 7.22. The lowest BCUT2D eigenvalue weighted by Crippen LogP contribution is -2.30. The van der Waals surface area contributed by atoms with Gasteiger partial charge in [0.05, 0.1) is 12.7 Å². The molecule has 0 rings (SSSR count). The Labute approximate surface area is 140 Å². The number of aliphatic imine (C=N–C) groups is 2. The fourth-order valence-electron chi connectivity index (χ4n) is 1.29. The van der Waals surface area contributed by atoms with Crippen LogP contribution in [0.5, 0.6) is 0 Å². The maximum Gasteiger partial charge on any atom is 0.320 e. The van der Waals surface area contributed by atoms with Crippen LogP contribution in [0.3, 0.4) is 0 Å². The fraction of sp³-hybridized carbons (Fsp3) is 0.667. The second kappa shape index (κ2) is 17.1. The van der Waals surface area contributed by atoms with Gasteiger partial charge in [-0.3, -0.25) is 19.6 Å². The van der Waals surface area contributed by atoms with E-state index in [1.807, 2.05) is 0 Å². The number of carboxylic acids is 2. The van der Waals surface area contributed by atoms with E-state index in [-0.39, 0.29) is 0 Å². The number of hydrogen-bond donors (Lipinski definition) is 8. The van der Waals surface area contributed by atoms with Crippen molar-refractivity contribution in [3.05, 3.63) is 0 Å². The summed E-state index contributed by atoms with van der Waals surface area (Å²) in [5.74, 6) is 7.85. The number of nitrogens with zero attached hydrogens (tertiary/aromatic N) is 2. The second-order valence-corrected chi connectivity index (χ2v) is 4.58. The van der Waals surface area contributed by atoms with E-state index in [1.54, 1.807) is 0 Å². The summed E-state index contributed by atoms with van der Waals surface area (Å²) < 4.78 is 0. The van der Waals surface area contributed by atoms with E-state index in [2.05, 4.69) is 20.8 Å². The largest absolute Gasteiger partial charge is 0.480 e. The molecule has 0 heterocycles. The van der Waals surface area contributed by atoms with Crippen LogP contribution in [0.25, 0.3) is 0 Å². The van der Waals surface area contributed by atoms with Crippen LogP contribution in [0.2, 0.25) is 0 Å². The zero-order valence-corrected chi connectivity index (χ0v) is 13.5. The Morgan fingerprint density at radius 2 is 1.21 bits per heavy atom. The topological polar surface area (TPSA) is 227 Å². The summed E-state index contributed by atoms with van der Waals surface area (Å²) in [5, 5.41) is 16.8. The molecule has 0 aromatic carbocycles. The van der Waals surface area contributed by atoms with Crippen molar-refractivity contribution >= 4 is 24.6 Å². The molecule has 0 saturated carbocycles. The highest BCUT2D eigenvalue weighted by Gasteiger charge is 2.09. The average Bonchev–Trinajstić information content (AvgIpc) is 2.54. The molecule has 140 valence electrons. The van der Waals surface area contributed by atoms with Gasteiger partial charge in [0, 0.05) is 13.1 Å². The Hall–Kier alpha value is -2.28. The molecule has 12 N–H and O–H groups in total. The van der Waals surface area contributed by atoms with Gasteiger partial charge in [-0.15, -0.1) is 0 Å². The van der Waals surface area contributed by atoms with E-state index in [0.29, 0.717) is 38.8 Å². The summed E-state index contributed by atoms with van der Waals surface area (Å²) in [4.78, 5) is 28.1. The molecule has 12 heteroatoms. The van der Waals surface area contributed by atoms with E-state index in [9.17, 15) is 9.59 Å². The van der Waals surface area contributed by atoms with Crippen LogP contribution in [-0.2, 0) is 9.59 Å². The number of rotatable bonds is 12. The lowest BCUT2D eigenvalue weighted by Gasteiger charge is -2.02. The number of hydrogen-bond acceptors (Lipinski definition) is 8. The minimum absolute atomic E-state index is 0.428. The quantitative estimate of drug-likeness (QED) is 0.0599. The van der Waals surface area contributed by atoms with Crippen molar-refractivity contribution in [3.8, 4) is 0 Å². The molecule has 2 atom stereocenters. The second-order valence-electron chi connectivity index (χ2n) is 4.58. The van der Waals surface area contributed by atoms with Crippen LogP contribution >= 0.6 is 0 Å². The standard InChI is InChI=1S/2C6H14N4O2/c2*7-5(6(11)12)2-1-3-9-4-10-8/h2*4-5H,1-3,7-8H2,(H,9,10)(H,11,12). The third kappa shape index (κ3) is 17.8. The number of nitrogens with two attached hydrogens (primary N) is 4. The summed E-state index contributed by atoms with van der Waals surface area (Å²) in [6.07, 6.45) is 4.85. The molecule has 0 spiro atoms. The summed E-state index contributed by atoms with van der Waals surface area (Å²) in [5.41, 5.74) is 15.0. The van der Waals surface area contributed by atoms with Crippen LogP contribution in [-0.4, -0.2) is 60.0 Å². The van der Waals surface area contributed by atoms with Crippen molar-refractivity contribution < 1.29 is 19.8 Å². The number of aliphatic carboxylic acids is 2. The molecule has 0 aromatic rings. The molecule has 0 aliphatic heterocycles. The third-order valence-electron chi connectivity index (χ3n) is 2.57. The molecular weight excluding hydrogens is 320 g/mol. The lowest BCUT2D eigenvalue weighted by molar-refractivity contribution is -0.139. The SMILES string of the molecule is NNC=NCCCC(N)C(=O)O.NNC=NCCCC(N)C(=O)O. The molecule has 0 aliphatic carbocycles. The normalized spacial score (nSPS) is 13.2. The average molecular weight is 348 g/mol. The van der Waals surface area contributed by atoms with Gasteiger partial charge in [0.2, 0.25) is 0 Å². The third-order valence-corrected chi connectivity index (χ3v) is 2.57. The van der Waals surface area contributed by atoms with E-state index >= 15 is 0 Å². The maximum atomic E-state index is 10.2. The van der Waals surface area contributed by atoms with Gasteiger partial charge < -0.3 is 32.5 Å². The van der Waals surface area contributed by atoms with Gasteiger partial charge in [-0.2, -0.15) is 0 Å². The predicted octanol–water partition coefficient (Wildman–Crippen LogP) is -2.66. The number of carbonyl (C=O) groups is 2. The predicted molar refractivity (Wildman–Crippen MR) is 91.1 cm³/mol. The first kappa shape index (κ1) is 24.0. The summed E-state index contributed by atoms with van der Waals surface area (Å²) in [7, 11) is 0. The molecule has 0 amide bonds. The molecule has 0 saturated heterocycles. The first-order chi connectivity index (χ1) is 11.4. The van der Waals surface area contributed by atoms with Crippen molar-refractivity contribution in [2.45, 2.75) is 37.8 Å². The molecule has 0 aliphatic rings. The van der Waals surface area contributed by atoms with E-state index < -0.39 is 24.0 Å². The lowest BCUT2D eigenvalue weighted by atomic mass is 10.2. The number of hydrazine groups is 2. The van der Waals surface area contributed by atoms with Crippen molar-refractivity contribution in [2.24, 2.45) is 33.1 Å². The highest BCUT2D eigenvalue weighted by Crippen LogP contribution is 1.94. The number of nitrogens with one attached hydrogen (secondary N) is 2.